The van der Waals surface area contributed by atoms with Crippen LogP contribution in [0, 0.1) is 0 Å². The summed E-state index contributed by atoms with van der Waals surface area (Å²) in [5, 5.41) is 2.87. The molecule has 1 aromatic carbocycles. The maximum absolute atomic E-state index is 11.4. The molecule has 0 saturated carbocycles. The largest absolute Gasteiger partial charge is 0.351 e. The molecule has 3 aromatic rings. The average molecular weight is 370 g/mol. The second kappa shape index (κ2) is 9.54. The van der Waals surface area contributed by atoms with Crippen molar-refractivity contribution in [3.63, 3.8) is 0 Å². The van der Waals surface area contributed by atoms with Crippen LogP contribution in [0.2, 0.25) is 0 Å². The molecule has 2 aromatic heterocycles. The summed E-state index contributed by atoms with van der Waals surface area (Å²) in [5.74, 6) is 0. The molecule has 28 heavy (non-hydrogen) atoms. The second-order valence-corrected chi connectivity index (χ2v) is 5.56. The SMILES string of the molecule is NC(=O)n1ccncccncc2c(cccncc1)cnc1ccccc12. The molecular formula is C21H18N6O. The lowest BCUT2D eigenvalue weighted by Gasteiger charge is -1.99. The van der Waals surface area contributed by atoms with Crippen LogP contribution in [0.5, 0.6) is 0 Å². The summed E-state index contributed by atoms with van der Waals surface area (Å²) in [6.07, 6.45) is 14.1. The van der Waals surface area contributed by atoms with E-state index in [1.165, 1.54) is 29.4 Å². The zero-order valence-electron chi connectivity index (χ0n) is 15.0. The molecule has 2 N–H and O–H groups in total. The van der Waals surface area contributed by atoms with Crippen LogP contribution in [-0.2, 0) is 0 Å². The van der Waals surface area contributed by atoms with Gasteiger partial charge in [-0.2, -0.15) is 0 Å². The first-order valence-electron chi connectivity index (χ1n) is 8.46. The van der Waals surface area contributed by atoms with Crippen molar-refractivity contribution in [2.75, 3.05) is 0 Å². The van der Waals surface area contributed by atoms with Crippen LogP contribution in [0.1, 0.15) is 0 Å². The van der Waals surface area contributed by atoms with Gasteiger partial charge in [-0.1, -0.05) is 24.3 Å². The molecule has 0 fully saturated rings. The molecule has 0 aliphatic carbocycles. The number of carbonyl (C=O) groups is 1. The number of pyridine rings is 1. The molecule has 3 rings (SSSR count). The van der Waals surface area contributed by atoms with Crippen molar-refractivity contribution in [1.82, 2.24) is 24.5 Å². The first-order valence-corrected chi connectivity index (χ1v) is 8.46. The maximum Gasteiger partial charge on any atom is 0.322 e. The van der Waals surface area contributed by atoms with E-state index in [0.717, 1.165) is 21.7 Å². The van der Waals surface area contributed by atoms with E-state index in [-0.39, 0.29) is 0 Å². The molecular weight excluding hydrogens is 352 g/mol. The number of primary amides is 1. The molecule has 0 spiro atoms. The van der Waals surface area contributed by atoms with Gasteiger partial charge in [0.05, 0.1) is 5.52 Å². The van der Waals surface area contributed by atoms with E-state index in [1.807, 2.05) is 30.3 Å². The molecule has 0 atom stereocenters. The monoisotopic (exact) mass is 370 g/mol. The van der Waals surface area contributed by atoms with Crippen molar-refractivity contribution in [2.24, 2.45) is 5.73 Å². The third-order valence-electron chi connectivity index (χ3n) is 3.72. The lowest BCUT2D eigenvalue weighted by Crippen LogP contribution is -2.18. The molecule has 0 aliphatic rings. The van der Waals surface area contributed by atoms with Gasteiger partial charge in [-0.15, -0.1) is 0 Å². The minimum absolute atomic E-state index is 0.640. The van der Waals surface area contributed by atoms with Gasteiger partial charge in [-0.25, -0.2) is 4.79 Å². The number of nitrogens with two attached hydrogens (primary N) is 1. The number of fused-ring (bicyclic) bond motifs is 3. The van der Waals surface area contributed by atoms with Crippen molar-refractivity contribution < 1.29 is 4.79 Å². The van der Waals surface area contributed by atoms with Gasteiger partial charge < -0.3 is 5.73 Å². The first kappa shape index (κ1) is 18.7. The van der Waals surface area contributed by atoms with Gasteiger partial charge in [0.15, 0.2) is 0 Å². The molecule has 138 valence electrons. The van der Waals surface area contributed by atoms with Gasteiger partial charge in [0.2, 0.25) is 0 Å². The lowest BCUT2D eigenvalue weighted by molar-refractivity contribution is 0.250. The molecule has 0 radical (unpaired) electrons. The van der Waals surface area contributed by atoms with Gasteiger partial charge >= 0.3 is 6.03 Å². The van der Waals surface area contributed by atoms with Gasteiger partial charge in [0.1, 0.15) is 0 Å². The Labute approximate surface area is 161 Å². The first-order chi connectivity index (χ1) is 13.8. The Morgan fingerprint density at radius 2 is 1.46 bits per heavy atom. The predicted octanol–water partition coefficient (Wildman–Crippen LogP) is 3.67. The van der Waals surface area contributed by atoms with Crippen molar-refractivity contribution in [3.05, 3.63) is 98.2 Å². The Kier molecular flexibility index (Phi) is 6.35. The molecule has 0 aliphatic heterocycles. The summed E-state index contributed by atoms with van der Waals surface area (Å²) >= 11 is 0. The summed E-state index contributed by atoms with van der Waals surface area (Å²) in [6.45, 7) is 0. The number of hydrogen-bond acceptors (Lipinski definition) is 5. The van der Waals surface area contributed by atoms with Crippen molar-refractivity contribution in [2.45, 2.75) is 0 Å². The summed E-state index contributed by atoms with van der Waals surface area (Å²) in [4.78, 5) is 28.3. The van der Waals surface area contributed by atoms with E-state index >= 15 is 0 Å². The quantitative estimate of drug-likeness (QED) is 0.651. The number of nitrogens with zero attached hydrogens (tertiary/aromatic N) is 5. The zero-order chi connectivity index (χ0) is 19.6. The van der Waals surface area contributed by atoms with Gasteiger partial charge in [-0.3, -0.25) is 24.5 Å². The van der Waals surface area contributed by atoms with E-state index in [9.17, 15) is 4.79 Å². The second-order valence-electron chi connectivity index (χ2n) is 5.56. The highest BCUT2D eigenvalue weighted by Crippen LogP contribution is 2.20. The highest BCUT2D eigenvalue weighted by molar-refractivity contribution is 6.04. The number of para-hydroxylation sites is 1. The van der Waals surface area contributed by atoms with Crippen molar-refractivity contribution in [3.8, 4) is 0 Å². The van der Waals surface area contributed by atoms with E-state index < -0.39 is 6.03 Å². The minimum Gasteiger partial charge on any atom is -0.351 e. The number of benzene rings is 1. The van der Waals surface area contributed by atoms with Crippen LogP contribution in [0.4, 0.5) is 4.79 Å². The summed E-state index contributed by atoms with van der Waals surface area (Å²) in [5.41, 5.74) is 6.19. The number of hydrogen-bond donors (Lipinski definition) is 1. The Hall–Kier alpha value is -4.13. The number of rotatable bonds is 0. The van der Waals surface area contributed by atoms with E-state index in [4.69, 9.17) is 5.73 Å². The Bertz CT molecular complexity index is 1170. The Morgan fingerprint density at radius 1 is 0.750 bits per heavy atom. The smallest absolute Gasteiger partial charge is 0.322 e. The van der Waals surface area contributed by atoms with Gasteiger partial charge in [0, 0.05) is 71.9 Å². The van der Waals surface area contributed by atoms with Gasteiger partial charge in [0.25, 0.3) is 0 Å². The third-order valence-corrected chi connectivity index (χ3v) is 3.72. The normalized spacial score (nSPS) is 9.71. The predicted molar refractivity (Wildman–Crippen MR) is 108 cm³/mol. The van der Waals surface area contributed by atoms with Crippen LogP contribution in [0.3, 0.4) is 0 Å². The van der Waals surface area contributed by atoms with E-state index in [1.54, 1.807) is 43.1 Å². The standard InChI is InChI=1S/C21H18N6O/c22-21(28)27-13-11-23-8-3-5-17-15-26-20-7-2-1-6-18(20)19(17)16-25-10-4-9-24-12-14-27/h1-16H,(H2,22,28). The molecule has 0 bridgehead atoms. The van der Waals surface area contributed by atoms with E-state index in [2.05, 4.69) is 19.9 Å². The van der Waals surface area contributed by atoms with Crippen LogP contribution in [-0.4, -0.2) is 30.5 Å². The lowest BCUT2D eigenvalue weighted by atomic mass is 10.1. The van der Waals surface area contributed by atoms with Crippen LogP contribution in [0.25, 0.3) is 21.7 Å². The fourth-order valence-corrected chi connectivity index (χ4v) is 2.42. The summed E-state index contributed by atoms with van der Waals surface area (Å²) in [7, 11) is 0. The van der Waals surface area contributed by atoms with Crippen LogP contribution < -0.4 is 5.73 Å². The summed E-state index contributed by atoms with van der Waals surface area (Å²) < 4.78 is 1.17. The van der Waals surface area contributed by atoms with Crippen molar-refractivity contribution >= 4 is 27.7 Å². The Balaban J connectivity index is 2.25. The zero-order valence-corrected chi connectivity index (χ0v) is 15.0. The third kappa shape index (κ3) is 4.95. The summed E-state index contributed by atoms with van der Waals surface area (Å²) in [6, 6.07) is 12.6. The fraction of sp³-hybridized carbons (Fsp3) is 0. The number of carbonyl (C=O) groups excluding carboxylic acids is 1. The molecule has 0 unspecified atom stereocenters. The molecule has 2 heterocycles. The molecule has 7 heteroatoms. The van der Waals surface area contributed by atoms with Crippen LogP contribution in [0.15, 0.2) is 98.2 Å². The minimum atomic E-state index is -0.640. The molecule has 7 nitrogen and oxygen atoms in total. The van der Waals surface area contributed by atoms with Crippen molar-refractivity contribution in [1.29, 1.82) is 0 Å². The average Bonchev–Trinajstić information content (AvgIpc) is 2.71. The fourth-order valence-electron chi connectivity index (χ4n) is 2.42. The highest BCUT2D eigenvalue weighted by Gasteiger charge is 1.98. The topological polar surface area (TPSA) is 99.6 Å². The van der Waals surface area contributed by atoms with E-state index in [0.29, 0.717) is 0 Å². The van der Waals surface area contributed by atoms with Crippen LogP contribution >= 0.6 is 0 Å². The Morgan fingerprint density at radius 3 is 2.25 bits per heavy atom. The number of amides is 1. The van der Waals surface area contributed by atoms with Gasteiger partial charge in [-0.05, 0) is 18.2 Å². The maximum atomic E-state index is 11.4. The molecule has 1 amide bonds. The highest BCUT2D eigenvalue weighted by atomic mass is 16.2. The molecule has 0 saturated heterocycles. The number of aromatic nitrogens is 5.